The van der Waals surface area contributed by atoms with Gasteiger partial charge in [-0.25, -0.2) is 4.98 Å². The summed E-state index contributed by atoms with van der Waals surface area (Å²) in [6.07, 6.45) is 3.90. The lowest BCUT2D eigenvalue weighted by Gasteiger charge is -2.13. The van der Waals surface area contributed by atoms with Crippen molar-refractivity contribution < 1.29 is 4.42 Å². The van der Waals surface area contributed by atoms with Crippen molar-refractivity contribution in [1.82, 2.24) is 9.97 Å². The number of aromatic nitrogens is 2. The van der Waals surface area contributed by atoms with Crippen LogP contribution < -0.4 is 5.73 Å². The summed E-state index contributed by atoms with van der Waals surface area (Å²) in [4.78, 5) is 7.42. The Kier molecular flexibility index (Phi) is 2.64. The molecule has 4 nitrogen and oxygen atoms in total. The number of nitrogens with two attached hydrogens (primary N) is 1. The highest BCUT2D eigenvalue weighted by Crippen LogP contribution is 2.26. The van der Waals surface area contributed by atoms with Crippen LogP contribution in [0.25, 0.3) is 11.1 Å². The van der Waals surface area contributed by atoms with Crippen LogP contribution >= 0.6 is 0 Å². The predicted octanol–water partition coefficient (Wildman–Crippen LogP) is 2.55. The van der Waals surface area contributed by atoms with Crippen molar-refractivity contribution in [2.45, 2.75) is 12.8 Å². The summed E-state index contributed by atoms with van der Waals surface area (Å²) >= 11 is 0. The molecule has 1 unspecified atom stereocenters. The van der Waals surface area contributed by atoms with Gasteiger partial charge in [-0.15, -0.1) is 0 Å². The minimum atomic E-state index is 0.192. The molecule has 0 aliphatic rings. The molecule has 3 rings (SSSR count). The Hall–Kier alpha value is -2.07. The van der Waals surface area contributed by atoms with Crippen molar-refractivity contribution >= 4 is 11.1 Å². The quantitative estimate of drug-likeness (QED) is 0.740. The van der Waals surface area contributed by atoms with Gasteiger partial charge in [0, 0.05) is 31.8 Å². The van der Waals surface area contributed by atoms with Crippen LogP contribution in [-0.4, -0.2) is 16.5 Å². The number of nitrogens with one attached hydrogen (secondary N) is 1. The highest BCUT2D eigenvalue weighted by Gasteiger charge is 2.14. The molecule has 1 aromatic carbocycles. The Bertz CT molecular complexity index is 655. The van der Waals surface area contributed by atoms with E-state index in [2.05, 4.69) is 28.2 Å². The Morgan fingerprint density at radius 2 is 2.22 bits per heavy atom. The van der Waals surface area contributed by atoms with E-state index in [1.54, 1.807) is 0 Å². The van der Waals surface area contributed by atoms with Crippen LogP contribution in [0.4, 0.5) is 0 Å². The van der Waals surface area contributed by atoms with E-state index < -0.39 is 0 Å². The summed E-state index contributed by atoms with van der Waals surface area (Å²) in [5, 5.41) is 0. The van der Waals surface area contributed by atoms with E-state index in [0.717, 1.165) is 16.7 Å². The van der Waals surface area contributed by atoms with E-state index >= 15 is 0 Å². The average Bonchev–Trinajstić information content (AvgIpc) is 2.97. The third-order valence-corrected chi connectivity index (χ3v) is 3.18. The summed E-state index contributed by atoms with van der Waals surface area (Å²) in [6.45, 7) is 2.42. The number of rotatable bonds is 3. The second-order valence-corrected chi connectivity index (χ2v) is 4.39. The van der Waals surface area contributed by atoms with Gasteiger partial charge in [-0.1, -0.05) is 6.07 Å². The smallest absolute Gasteiger partial charge is 0.192 e. The zero-order valence-corrected chi connectivity index (χ0v) is 10.2. The molecule has 0 aliphatic heterocycles. The molecule has 92 valence electrons. The minimum absolute atomic E-state index is 0.192. The van der Waals surface area contributed by atoms with Crippen molar-refractivity contribution in [3.8, 4) is 0 Å². The lowest BCUT2D eigenvalue weighted by atomic mass is 9.93. The van der Waals surface area contributed by atoms with E-state index in [-0.39, 0.29) is 5.92 Å². The summed E-state index contributed by atoms with van der Waals surface area (Å²) in [5.74, 6) is 0.880. The third kappa shape index (κ3) is 1.80. The number of fused-ring (bicyclic) bond motifs is 1. The van der Waals surface area contributed by atoms with E-state index in [0.29, 0.717) is 12.4 Å². The van der Waals surface area contributed by atoms with E-state index in [9.17, 15) is 0 Å². The fourth-order valence-electron chi connectivity index (χ4n) is 2.29. The Morgan fingerprint density at radius 3 is 2.94 bits per heavy atom. The predicted molar refractivity (Wildman–Crippen MR) is 70.4 cm³/mol. The van der Waals surface area contributed by atoms with Gasteiger partial charge < -0.3 is 15.1 Å². The van der Waals surface area contributed by atoms with Gasteiger partial charge in [0.05, 0.1) is 0 Å². The summed E-state index contributed by atoms with van der Waals surface area (Å²) < 4.78 is 5.48. The largest absolute Gasteiger partial charge is 0.441 e. The molecule has 2 aromatic heterocycles. The number of aryl methyl sites for hydroxylation is 1. The maximum Gasteiger partial charge on any atom is 0.192 e. The van der Waals surface area contributed by atoms with Gasteiger partial charge in [-0.05, 0) is 29.3 Å². The molecule has 1 atom stereocenters. The molecule has 3 aromatic rings. The lowest BCUT2D eigenvalue weighted by molar-refractivity contribution is 0.561. The molecule has 3 N–H and O–H groups in total. The second-order valence-electron chi connectivity index (χ2n) is 4.39. The molecule has 4 heteroatoms. The fraction of sp³-hybridized carbons (Fsp3) is 0.214. The first-order valence-electron chi connectivity index (χ1n) is 5.98. The van der Waals surface area contributed by atoms with Gasteiger partial charge in [0.25, 0.3) is 0 Å². The monoisotopic (exact) mass is 241 g/mol. The average molecular weight is 241 g/mol. The molecular weight excluding hydrogens is 226 g/mol. The van der Waals surface area contributed by atoms with Crippen LogP contribution in [-0.2, 0) is 0 Å². The molecular formula is C14H15N3O. The van der Waals surface area contributed by atoms with E-state index in [1.165, 1.54) is 5.56 Å². The summed E-state index contributed by atoms with van der Waals surface area (Å²) in [7, 11) is 0. The van der Waals surface area contributed by atoms with Gasteiger partial charge in [-0.2, -0.15) is 0 Å². The van der Waals surface area contributed by atoms with E-state index in [1.807, 2.05) is 25.4 Å². The van der Waals surface area contributed by atoms with Crippen LogP contribution in [0.1, 0.15) is 22.9 Å². The van der Waals surface area contributed by atoms with Crippen molar-refractivity contribution in [2.75, 3.05) is 6.54 Å². The van der Waals surface area contributed by atoms with Gasteiger partial charge in [0.1, 0.15) is 5.52 Å². The third-order valence-electron chi connectivity index (χ3n) is 3.18. The molecule has 0 spiro atoms. The number of aromatic amines is 1. The number of hydrogen-bond donors (Lipinski definition) is 2. The topological polar surface area (TPSA) is 67.8 Å². The molecule has 0 amide bonds. The lowest BCUT2D eigenvalue weighted by Crippen LogP contribution is -2.13. The van der Waals surface area contributed by atoms with Crippen LogP contribution in [0.15, 0.2) is 41.1 Å². The highest BCUT2D eigenvalue weighted by atomic mass is 16.3. The molecule has 0 fully saturated rings. The van der Waals surface area contributed by atoms with Crippen LogP contribution in [0.3, 0.4) is 0 Å². The maximum absolute atomic E-state index is 5.89. The Morgan fingerprint density at radius 1 is 1.33 bits per heavy atom. The fourth-order valence-corrected chi connectivity index (χ4v) is 2.29. The first kappa shape index (κ1) is 11.0. The van der Waals surface area contributed by atoms with Crippen LogP contribution in [0, 0.1) is 6.92 Å². The van der Waals surface area contributed by atoms with Gasteiger partial charge in [-0.3, -0.25) is 0 Å². The number of oxazole rings is 1. The van der Waals surface area contributed by atoms with Crippen molar-refractivity contribution in [3.05, 3.63) is 53.7 Å². The van der Waals surface area contributed by atoms with Crippen LogP contribution in [0.5, 0.6) is 0 Å². The van der Waals surface area contributed by atoms with Crippen molar-refractivity contribution in [2.24, 2.45) is 5.73 Å². The molecule has 0 radical (unpaired) electrons. The van der Waals surface area contributed by atoms with Gasteiger partial charge >= 0.3 is 0 Å². The number of nitrogens with zero attached hydrogens (tertiary/aromatic N) is 1. The highest BCUT2D eigenvalue weighted by molar-refractivity contribution is 5.73. The molecule has 18 heavy (non-hydrogen) atoms. The standard InChI is InChI=1S/C14H15N3O/c1-9-17-13-6-10(2-3-14(13)18-9)12(7-15)11-4-5-16-8-11/h2-6,8,12,16H,7,15H2,1H3. The summed E-state index contributed by atoms with van der Waals surface area (Å²) in [5.41, 5.74) is 9.95. The van der Waals surface area contributed by atoms with Gasteiger partial charge in [0.2, 0.25) is 0 Å². The summed E-state index contributed by atoms with van der Waals surface area (Å²) in [6, 6.07) is 8.11. The van der Waals surface area contributed by atoms with Gasteiger partial charge in [0.15, 0.2) is 11.5 Å². The Labute approximate surface area is 105 Å². The van der Waals surface area contributed by atoms with E-state index in [4.69, 9.17) is 10.2 Å². The second kappa shape index (κ2) is 4.31. The van der Waals surface area contributed by atoms with Crippen molar-refractivity contribution in [1.29, 1.82) is 0 Å². The molecule has 0 aliphatic carbocycles. The molecule has 0 bridgehead atoms. The first-order valence-corrected chi connectivity index (χ1v) is 5.98. The molecule has 0 saturated carbocycles. The SMILES string of the molecule is Cc1nc2cc(C(CN)c3cc[nH]c3)ccc2o1. The molecule has 2 heterocycles. The minimum Gasteiger partial charge on any atom is -0.441 e. The van der Waals surface area contributed by atoms with Crippen LogP contribution in [0.2, 0.25) is 0 Å². The van der Waals surface area contributed by atoms with Crippen molar-refractivity contribution in [3.63, 3.8) is 0 Å². The first-order chi connectivity index (χ1) is 8.78. The maximum atomic E-state index is 5.89. The number of H-pyrrole nitrogens is 1. The molecule has 0 saturated heterocycles. The number of benzene rings is 1. The zero-order valence-electron chi connectivity index (χ0n) is 10.2. The Balaban J connectivity index is 2.07. The number of hydrogen-bond acceptors (Lipinski definition) is 3. The normalized spacial score (nSPS) is 13.0. The zero-order chi connectivity index (χ0) is 12.5.